The summed E-state index contributed by atoms with van der Waals surface area (Å²) < 4.78 is 7.94. The molecular formula is C24H29N7O2S. The number of hydrogen-bond acceptors (Lipinski definition) is 8. The molecule has 0 aliphatic carbocycles. The summed E-state index contributed by atoms with van der Waals surface area (Å²) >= 11 is 1.35. The Labute approximate surface area is 202 Å². The van der Waals surface area contributed by atoms with Gasteiger partial charge >= 0.3 is 0 Å². The fourth-order valence-electron chi connectivity index (χ4n) is 4.56. The van der Waals surface area contributed by atoms with Crippen LogP contribution in [0.15, 0.2) is 46.5 Å². The molecule has 0 saturated carbocycles. The van der Waals surface area contributed by atoms with Gasteiger partial charge in [-0.2, -0.15) is 0 Å². The number of nitrogens with zero attached hydrogens (tertiary/aromatic N) is 4. The SMILES string of the molecule is Cc1ccc(Cn2c(NC3(CCNC(=O)c4nccs4)CCCNCC3)nc3cccnc32)o1. The lowest BCUT2D eigenvalue weighted by Gasteiger charge is -2.34. The third-order valence-electron chi connectivity index (χ3n) is 6.30. The molecule has 0 radical (unpaired) electrons. The zero-order valence-corrected chi connectivity index (χ0v) is 20.0. The van der Waals surface area contributed by atoms with Crippen molar-refractivity contribution in [3.8, 4) is 0 Å². The minimum atomic E-state index is -0.210. The summed E-state index contributed by atoms with van der Waals surface area (Å²) in [4.78, 5) is 26.0. The van der Waals surface area contributed by atoms with Crippen LogP contribution in [-0.4, -0.2) is 50.6 Å². The molecule has 4 aromatic heterocycles. The monoisotopic (exact) mass is 479 g/mol. The molecule has 3 N–H and O–H groups in total. The number of anilines is 1. The van der Waals surface area contributed by atoms with Crippen molar-refractivity contribution >= 4 is 34.4 Å². The highest BCUT2D eigenvalue weighted by molar-refractivity contribution is 7.11. The van der Waals surface area contributed by atoms with Crippen molar-refractivity contribution in [2.75, 3.05) is 25.0 Å². The van der Waals surface area contributed by atoms with Crippen LogP contribution in [0.25, 0.3) is 11.2 Å². The molecule has 5 heterocycles. The minimum Gasteiger partial charge on any atom is -0.464 e. The lowest BCUT2D eigenvalue weighted by molar-refractivity contribution is 0.0950. The highest BCUT2D eigenvalue weighted by atomic mass is 32.1. The molecule has 1 fully saturated rings. The summed E-state index contributed by atoms with van der Waals surface area (Å²) in [5.41, 5.74) is 1.45. The normalized spacial score (nSPS) is 18.6. The van der Waals surface area contributed by atoms with Crippen molar-refractivity contribution in [2.45, 2.75) is 44.7 Å². The van der Waals surface area contributed by atoms with Crippen LogP contribution in [0, 0.1) is 6.92 Å². The van der Waals surface area contributed by atoms with Gasteiger partial charge in [-0.15, -0.1) is 11.3 Å². The Bertz CT molecular complexity index is 1240. The number of furan rings is 1. The zero-order chi connectivity index (χ0) is 23.4. The predicted molar refractivity (Wildman–Crippen MR) is 132 cm³/mol. The molecule has 0 spiro atoms. The first-order valence-electron chi connectivity index (χ1n) is 11.7. The van der Waals surface area contributed by atoms with Gasteiger partial charge in [0.2, 0.25) is 5.95 Å². The summed E-state index contributed by atoms with van der Waals surface area (Å²) in [6.07, 6.45) is 7.17. The molecule has 5 rings (SSSR count). The van der Waals surface area contributed by atoms with Crippen molar-refractivity contribution in [1.82, 2.24) is 30.2 Å². The molecule has 10 heteroatoms. The second kappa shape index (κ2) is 9.94. The van der Waals surface area contributed by atoms with E-state index in [1.54, 1.807) is 12.4 Å². The quantitative estimate of drug-likeness (QED) is 0.354. The molecule has 0 aromatic carbocycles. The van der Waals surface area contributed by atoms with E-state index in [9.17, 15) is 4.79 Å². The number of aromatic nitrogens is 4. The number of thiazole rings is 1. The molecule has 1 atom stereocenters. The van der Waals surface area contributed by atoms with Gasteiger partial charge in [0.25, 0.3) is 5.91 Å². The number of pyridine rings is 1. The molecule has 1 unspecified atom stereocenters. The molecule has 1 aliphatic rings. The van der Waals surface area contributed by atoms with E-state index in [1.807, 2.05) is 36.6 Å². The first kappa shape index (κ1) is 22.5. The van der Waals surface area contributed by atoms with Gasteiger partial charge in [0, 0.05) is 29.9 Å². The largest absolute Gasteiger partial charge is 0.464 e. The number of imidazole rings is 1. The lowest BCUT2D eigenvalue weighted by Crippen LogP contribution is -2.43. The molecule has 34 heavy (non-hydrogen) atoms. The van der Waals surface area contributed by atoms with Gasteiger partial charge in [-0.05, 0) is 70.0 Å². The van der Waals surface area contributed by atoms with E-state index in [1.165, 1.54) is 11.3 Å². The maximum absolute atomic E-state index is 12.4. The van der Waals surface area contributed by atoms with Crippen LogP contribution < -0.4 is 16.0 Å². The number of fused-ring (bicyclic) bond motifs is 1. The molecule has 1 amide bonds. The summed E-state index contributed by atoms with van der Waals surface area (Å²) in [6, 6.07) is 7.85. The van der Waals surface area contributed by atoms with Crippen LogP contribution in [0.4, 0.5) is 5.95 Å². The lowest BCUT2D eigenvalue weighted by atomic mass is 9.87. The third kappa shape index (κ3) is 4.97. The second-order valence-electron chi connectivity index (χ2n) is 8.73. The topological polar surface area (TPSA) is 110 Å². The van der Waals surface area contributed by atoms with Crippen molar-refractivity contribution in [3.63, 3.8) is 0 Å². The Morgan fingerprint density at radius 1 is 1.24 bits per heavy atom. The summed E-state index contributed by atoms with van der Waals surface area (Å²) in [7, 11) is 0. The Morgan fingerprint density at radius 2 is 2.18 bits per heavy atom. The van der Waals surface area contributed by atoms with E-state index in [-0.39, 0.29) is 11.4 Å². The Kier molecular flexibility index (Phi) is 6.59. The van der Waals surface area contributed by atoms with Crippen molar-refractivity contribution in [2.24, 2.45) is 0 Å². The Balaban J connectivity index is 1.40. The third-order valence-corrected chi connectivity index (χ3v) is 7.07. The maximum atomic E-state index is 12.4. The van der Waals surface area contributed by atoms with Crippen molar-refractivity contribution in [3.05, 3.63) is 58.6 Å². The molecule has 1 aliphatic heterocycles. The average Bonchev–Trinajstić information content (AvgIpc) is 3.54. The highest BCUT2D eigenvalue weighted by Crippen LogP contribution is 2.30. The number of carbonyl (C=O) groups is 1. The van der Waals surface area contributed by atoms with Gasteiger partial charge < -0.3 is 20.4 Å². The van der Waals surface area contributed by atoms with E-state index in [0.29, 0.717) is 18.1 Å². The number of rotatable bonds is 8. The second-order valence-corrected chi connectivity index (χ2v) is 9.63. The standard InChI is InChI=1S/C24H29N7O2S/c1-17-5-6-18(33-17)16-31-20-19(4-2-11-26-20)29-23(31)30-24(7-3-10-25-12-8-24)9-13-27-21(32)22-28-14-15-34-22/h2,4-6,11,14-15,25H,3,7-10,12-13,16H2,1H3,(H,27,32)(H,29,30). The van der Waals surface area contributed by atoms with Gasteiger partial charge in [-0.1, -0.05) is 0 Å². The predicted octanol–water partition coefficient (Wildman–Crippen LogP) is 3.58. The zero-order valence-electron chi connectivity index (χ0n) is 19.2. The number of amides is 1. The fraction of sp³-hybridized carbons (Fsp3) is 0.417. The maximum Gasteiger partial charge on any atom is 0.280 e. The number of aryl methyl sites for hydroxylation is 1. The Morgan fingerprint density at radius 3 is 3.00 bits per heavy atom. The number of hydrogen-bond donors (Lipinski definition) is 3. The van der Waals surface area contributed by atoms with Gasteiger partial charge in [-0.25, -0.2) is 15.0 Å². The Hall–Kier alpha value is -3.24. The molecule has 0 bridgehead atoms. The van der Waals surface area contributed by atoms with Crippen molar-refractivity contribution < 1.29 is 9.21 Å². The van der Waals surface area contributed by atoms with Gasteiger partial charge in [0.05, 0.1) is 6.54 Å². The van der Waals surface area contributed by atoms with Gasteiger partial charge in [0.1, 0.15) is 17.0 Å². The molecular weight excluding hydrogens is 450 g/mol. The summed E-state index contributed by atoms with van der Waals surface area (Å²) in [5.74, 6) is 2.39. The van der Waals surface area contributed by atoms with E-state index in [2.05, 4.69) is 30.5 Å². The molecule has 178 valence electrons. The van der Waals surface area contributed by atoms with E-state index in [4.69, 9.17) is 9.40 Å². The van der Waals surface area contributed by atoms with Crippen LogP contribution in [0.1, 0.15) is 47.0 Å². The molecule has 4 aromatic rings. The van der Waals surface area contributed by atoms with Crippen LogP contribution in [-0.2, 0) is 6.54 Å². The van der Waals surface area contributed by atoms with Crippen LogP contribution in [0.5, 0.6) is 0 Å². The number of nitrogens with one attached hydrogen (secondary N) is 3. The van der Waals surface area contributed by atoms with Crippen LogP contribution in [0.3, 0.4) is 0 Å². The van der Waals surface area contributed by atoms with Gasteiger partial charge in [-0.3, -0.25) is 9.36 Å². The minimum absolute atomic E-state index is 0.124. The number of carbonyl (C=O) groups excluding carboxylic acids is 1. The smallest absolute Gasteiger partial charge is 0.280 e. The highest BCUT2D eigenvalue weighted by Gasteiger charge is 2.33. The first-order valence-corrected chi connectivity index (χ1v) is 12.5. The summed E-state index contributed by atoms with van der Waals surface area (Å²) in [6.45, 7) is 4.93. The van der Waals surface area contributed by atoms with Crippen molar-refractivity contribution in [1.29, 1.82) is 0 Å². The molecule has 9 nitrogen and oxygen atoms in total. The van der Waals surface area contributed by atoms with E-state index >= 15 is 0 Å². The summed E-state index contributed by atoms with van der Waals surface area (Å²) in [5, 5.41) is 12.6. The van der Waals surface area contributed by atoms with E-state index < -0.39 is 0 Å². The van der Waals surface area contributed by atoms with Gasteiger partial charge in [0.15, 0.2) is 10.7 Å². The van der Waals surface area contributed by atoms with Crippen LogP contribution >= 0.6 is 11.3 Å². The average molecular weight is 480 g/mol. The molecule has 1 saturated heterocycles. The first-order chi connectivity index (χ1) is 16.6. The van der Waals surface area contributed by atoms with E-state index in [0.717, 1.165) is 67.4 Å². The van der Waals surface area contributed by atoms with Crippen LogP contribution in [0.2, 0.25) is 0 Å². The fourth-order valence-corrected chi connectivity index (χ4v) is 5.11.